The van der Waals surface area contributed by atoms with E-state index in [0.29, 0.717) is 0 Å². The maximum atomic E-state index is 6.21. The van der Waals surface area contributed by atoms with Gasteiger partial charge in [0.15, 0.2) is 0 Å². The number of hydrogen-bond donors (Lipinski definition) is 0. The van der Waals surface area contributed by atoms with Crippen molar-refractivity contribution >= 4 is 49.8 Å². The molecular formula is C46H31NO. The Hall–Kier alpha value is -6.38. The molecule has 0 bridgehead atoms. The van der Waals surface area contributed by atoms with Gasteiger partial charge in [0, 0.05) is 27.7 Å². The van der Waals surface area contributed by atoms with Gasteiger partial charge in [0.2, 0.25) is 0 Å². The summed E-state index contributed by atoms with van der Waals surface area (Å²) < 4.78 is 6.21. The van der Waals surface area contributed by atoms with Gasteiger partial charge < -0.3 is 9.32 Å². The van der Waals surface area contributed by atoms with Crippen LogP contribution >= 0.6 is 0 Å². The third-order valence-electron chi connectivity index (χ3n) is 9.26. The summed E-state index contributed by atoms with van der Waals surface area (Å²) in [5, 5.41) is 4.77. The van der Waals surface area contributed by atoms with Crippen LogP contribution in [0.4, 0.5) is 17.1 Å². The Labute approximate surface area is 279 Å². The highest BCUT2D eigenvalue weighted by molar-refractivity contribution is 6.12. The largest absolute Gasteiger partial charge is 0.456 e. The second kappa shape index (κ2) is 11.8. The van der Waals surface area contributed by atoms with Crippen LogP contribution in [0.2, 0.25) is 0 Å². The van der Waals surface area contributed by atoms with Crippen LogP contribution < -0.4 is 4.90 Å². The number of nitrogens with zero attached hydrogens (tertiary/aromatic N) is 1. The van der Waals surface area contributed by atoms with Crippen molar-refractivity contribution in [2.24, 2.45) is 0 Å². The van der Waals surface area contributed by atoms with Crippen LogP contribution in [0.25, 0.3) is 66.1 Å². The fourth-order valence-electron chi connectivity index (χ4n) is 6.96. The van der Waals surface area contributed by atoms with E-state index in [9.17, 15) is 0 Å². The van der Waals surface area contributed by atoms with Crippen molar-refractivity contribution in [2.45, 2.75) is 0 Å². The van der Waals surface area contributed by atoms with Gasteiger partial charge in [-0.1, -0.05) is 140 Å². The lowest BCUT2D eigenvalue weighted by molar-refractivity contribution is 0.669. The number of para-hydroxylation sites is 2. The molecule has 0 N–H and O–H groups in total. The summed E-state index contributed by atoms with van der Waals surface area (Å²) in [6.07, 6.45) is 0. The van der Waals surface area contributed by atoms with Crippen molar-refractivity contribution < 1.29 is 4.42 Å². The lowest BCUT2D eigenvalue weighted by atomic mass is 9.98. The number of anilines is 3. The third-order valence-corrected chi connectivity index (χ3v) is 9.26. The zero-order chi connectivity index (χ0) is 31.9. The minimum Gasteiger partial charge on any atom is -0.456 e. The van der Waals surface area contributed by atoms with Crippen molar-refractivity contribution in [1.29, 1.82) is 0 Å². The molecule has 1 aromatic heterocycles. The Kier molecular flexibility index (Phi) is 6.84. The molecule has 0 saturated heterocycles. The van der Waals surface area contributed by atoms with E-state index in [-0.39, 0.29) is 0 Å². The number of hydrogen-bond acceptors (Lipinski definition) is 2. The first-order chi connectivity index (χ1) is 23.8. The summed E-state index contributed by atoms with van der Waals surface area (Å²) in [6, 6.07) is 67.0. The monoisotopic (exact) mass is 613 g/mol. The van der Waals surface area contributed by atoms with Crippen LogP contribution in [-0.4, -0.2) is 0 Å². The second-order valence-electron chi connectivity index (χ2n) is 12.2. The van der Waals surface area contributed by atoms with E-state index in [0.717, 1.165) is 44.6 Å². The van der Waals surface area contributed by atoms with Gasteiger partial charge in [0.1, 0.15) is 11.2 Å². The molecule has 2 nitrogen and oxygen atoms in total. The summed E-state index contributed by atoms with van der Waals surface area (Å²) in [7, 11) is 0. The molecule has 0 unspecified atom stereocenters. The molecule has 9 aromatic rings. The zero-order valence-electron chi connectivity index (χ0n) is 26.3. The first-order valence-corrected chi connectivity index (χ1v) is 16.3. The van der Waals surface area contributed by atoms with Gasteiger partial charge in [0.05, 0.1) is 5.69 Å². The topological polar surface area (TPSA) is 16.4 Å². The van der Waals surface area contributed by atoms with Gasteiger partial charge in [-0.2, -0.15) is 0 Å². The number of fused-ring (bicyclic) bond motifs is 4. The van der Waals surface area contributed by atoms with Crippen LogP contribution in [-0.2, 0) is 0 Å². The second-order valence-corrected chi connectivity index (χ2v) is 12.2. The summed E-state index contributed by atoms with van der Waals surface area (Å²) in [6.45, 7) is 0. The highest BCUT2D eigenvalue weighted by Crippen LogP contribution is 2.43. The van der Waals surface area contributed by atoms with E-state index in [1.54, 1.807) is 0 Å². The number of benzene rings is 8. The van der Waals surface area contributed by atoms with Crippen LogP contribution in [0, 0.1) is 0 Å². The molecule has 2 heteroatoms. The van der Waals surface area contributed by atoms with Crippen molar-refractivity contribution in [2.75, 3.05) is 4.90 Å². The molecule has 0 atom stereocenters. The minimum atomic E-state index is 0.904. The lowest BCUT2D eigenvalue weighted by Gasteiger charge is -2.28. The average molecular weight is 614 g/mol. The number of rotatable bonds is 6. The molecule has 0 saturated carbocycles. The summed E-state index contributed by atoms with van der Waals surface area (Å²) in [5.74, 6) is 0. The zero-order valence-corrected chi connectivity index (χ0v) is 26.3. The van der Waals surface area contributed by atoms with Gasteiger partial charge >= 0.3 is 0 Å². The van der Waals surface area contributed by atoms with Crippen LogP contribution in [0.3, 0.4) is 0 Å². The fourth-order valence-corrected chi connectivity index (χ4v) is 6.96. The quantitative estimate of drug-likeness (QED) is 0.185. The molecule has 0 amide bonds. The molecule has 9 rings (SSSR count). The first-order valence-electron chi connectivity index (χ1n) is 16.3. The Bertz CT molecular complexity index is 2560. The lowest BCUT2D eigenvalue weighted by Crippen LogP contribution is -2.11. The van der Waals surface area contributed by atoms with Crippen molar-refractivity contribution in [1.82, 2.24) is 0 Å². The predicted octanol–water partition coefficient (Wildman–Crippen LogP) is 13.2. The normalized spacial score (nSPS) is 11.3. The van der Waals surface area contributed by atoms with Crippen molar-refractivity contribution in [3.63, 3.8) is 0 Å². The molecule has 8 aromatic carbocycles. The minimum absolute atomic E-state index is 0.904. The Morgan fingerprint density at radius 3 is 1.88 bits per heavy atom. The SMILES string of the molecule is c1ccc(-c2ccccc2N(c2ccc(-c3cccc4oc5ccccc5c34)cc2)c2cccc(-c3ccc4ccccc4c3)c2)cc1. The molecule has 48 heavy (non-hydrogen) atoms. The molecule has 0 aliphatic rings. The van der Waals surface area contributed by atoms with E-state index in [1.807, 2.05) is 12.1 Å². The van der Waals surface area contributed by atoms with Crippen LogP contribution in [0.15, 0.2) is 192 Å². The Morgan fingerprint density at radius 2 is 0.979 bits per heavy atom. The molecule has 0 radical (unpaired) electrons. The average Bonchev–Trinajstić information content (AvgIpc) is 3.55. The van der Waals surface area contributed by atoms with E-state index < -0.39 is 0 Å². The van der Waals surface area contributed by atoms with E-state index >= 15 is 0 Å². The highest BCUT2D eigenvalue weighted by Gasteiger charge is 2.19. The number of furan rings is 1. The van der Waals surface area contributed by atoms with Crippen molar-refractivity contribution in [3.05, 3.63) is 188 Å². The van der Waals surface area contributed by atoms with E-state index in [2.05, 4.69) is 181 Å². The smallest absolute Gasteiger partial charge is 0.136 e. The highest BCUT2D eigenvalue weighted by atomic mass is 16.3. The Balaban J connectivity index is 1.20. The molecule has 0 fully saturated rings. The Morgan fingerprint density at radius 1 is 0.354 bits per heavy atom. The predicted molar refractivity (Wildman–Crippen MR) is 202 cm³/mol. The molecule has 0 spiro atoms. The van der Waals surface area contributed by atoms with E-state index in [1.165, 1.54) is 38.6 Å². The van der Waals surface area contributed by atoms with E-state index in [4.69, 9.17) is 4.42 Å². The summed E-state index contributed by atoms with van der Waals surface area (Å²) in [5.41, 5.74) is 12.2. The molecule has 226 valence electrons. The molecular weight excluding hydrogens is 583 g/mol. The molecule has 1 heterocycles. The molecule has 0 aliphatic carbocycles. The molecule has 0 aliphatic heterocycles. The maximum Gasteiger partial charge on any atom is 0.136 e. The van der Waals surface area contributed by atoms with Crippen molar-refractivity contribution in [3.8, 4) is 33.4 Å². The summed E-state index contributed by atoms with van der Waals surface area (Å²) >= 11 is 0. The standard InChI is InChI=1S/C46H31NO/c1-2-13-33(14-3-1)40-18-6-8-21-43(40)47(39-17-10-16-36(31-39)37-25-24-32-12-4-5-15-35(32)30-37)38-28-26-34(27-29-38)41-20-11-23-45-46(41)42-19-7-9-22-44(42)48-45/h1-31H. The van der Waals surface area contributed by atoms with Crippen LogP contribution in [0.1, 0.15) is 0 Å². The first kappa shape index (κ1) is 27.9. The fraction of sp³-hybridized carbons (Fsp3) is 0. The third kappa shape index (κ3) is 4.92. The summed E-state index contributed by atoms with van der Waals surface area (Å²) in [4.78, 5) is 2.38. The van der Waals surface area contributed by atoms with Gasteiger partial charge in [-0.05, 0) is 87.1 Å². The van der Waals surface area contributed by atoms with Gasteiger partial charge in [-0.15, -0.1) is 0 Å². The van der Waals surface area contributed by atoms with Crippen LogP contribution in [0.5, 0.6) is 0 Å². The maximum absolute atomic E-state index is 6.21. The van der Waals surface area contributed by atoms with Gasteiger partial charge in [0.25, 0.3) is 0 Å². The van der Waals surface area contributed by atoms with Gasteiger partial charge in [-0.25, -0.2) is 0 Å². The van der Waals surface area contributed by atoms with Gasteiger partial charge in [-0.3, -0.25) is 0 Å².